The molecule has 0 unspecified atom stereocenters. The summed E-state index contributed by atoms with van der Waals surface area (Å²) in [4.78, 5) is 12.2. The van der Waals surface area contributed by atoms with Crippen LogP contribution in [0, 0.1) is 0 Å². The largest absolute Gasteiger partial charge is 0.497 e. The predicted molar refractivity (Wildman–Crippen MR) is 104 cm³/mol. The fourth-order valence-corrected chi connectivity index (χ4v) is 4.31. The average molecular weight is 383 g/mol. The number of carbonyl (C=O) groups excluding carboxylic acids is 1. The van der Waals surface area contributed by atoms with E-state index in [9.17, 15) is 13.2 Å². The standard InChI is InChI=1S/C19H30N2O4S/c1-25-18-13-11-17(12-14-18)21(26(2,23)24)15-7-10-19(22)20-16-8-5-3-4-6-9-16/h11-14,16H,3-10,15H2,1-2H3,(H,20,22). The topological polar surface area (TPSA) is 75.7 Å². The van der Waals surface area contributed by atoms with Crippen molar-refractivity contribution in [3.63, 3.8) is 0 Å². The maximum absolute atomic E-state index is 12.2. The third-order valence-electron chi connectivity index (χ3n) is 4.75. The van der Waals surface area contributed by atoms with Gasteiger partial charge in [0, 0.05) is 19.0 Å². The average Bonchev–Trinajstić information content (AvgIpc) is 2.86. The lowest BCUT2D eigenvalue weighted by molar-refractivity contribution is -0.121. The van der Waals surface area contributed by atoms with Crippen LogP contribution in [0.3, 0.4) is 0 Å². The third-order valence-corrected chi connectivity index (χ3v) is 5.94. The van der Waals surface area contributed by atoms with E-state index in [1.165, 1.54) is 36.2 Å². The van der Waals surface area contributed by atoms with Crippen molar-refractivity contribution in [3.8, 4) is 5.75 Å². The van der Waals surface area contributed by atoms with Crippen molar-refractivity contribution in [2.24, 2.45) is 0 Å². The maximum Gasteiger partial charge on any atom is 0.232 e. The number of methoxy groups -OCH3 is 1. The second-order valence-corrected chi connectivity index (χ2v) is 8.80. The van der Waals surface area contributed by atoms with Gasteiger partial charge in [-0.1, -0.05) is 25.7 Å². The zero-order chi connectivity index (χ0) is 19.0. The SMILES string of the molecule is COc1ccc(N(CCCC(=O)NC2CCCCCC2)S(C)(=O)=O)cc1. The summed E-state index contributed by atoms with van der Waals surface area (Å²) in [6.45, 7) is 0.281. The number of benzene rings is 1. The molecule has 26 heavy (non-hydrogen) atoms. The second-order valence-electron chi connectivity index (χ2n) is 6.89. The molecule has 1 aliphatic rings. The molecule has 1 aromatic rings. The Labute approximate surface area is 157 Å². The molecule has 0 radical (unpaired) electrons. The summed E-state index contributed by atoms with van der Waals surface area (Å²) in [5.41, 5.74) is 0.581. The lowest BCUT2D eigenvalue weighted by atomic mass is 10.1. The highest BCUT2D eigenvalue weighted by Gasteiger charge is 2.19. The molecule has 146 valence electrons. The molecule has 0 heterocycles. The number of hydrogen-bond acceptors (Lipinski definition) is 4. The van der Waals surface area contributed by atoms with Gasteiger partial charge in [-0.05, 0) is 43.5 Å². The first-order chi connectivity index (χ1) is 12.4. The fraction of sp³-hybridized carbons (Fsp3) is 0.632. The number of nitrogens with zero attached hydrogens (tertiary/aromatic N) is 1. The molecule has 1 saturated carbocycles. The van der Waals surface area contributed by atoms with Crippen LogP contribution in [0.1, 0.15) is 51.4 Å². The van der Waals surface area contributed by atoms with E-state index in [1.54, 1.807) is 31.4 Å². The van der Waals surface area contributed by atoms with Crippen LogP contribution < -0.4 is 14.4 Å². The normalized spacial score (nSPS) is 15.9. The van der Waals surface area contributed by atoms with Gasteiger partial charge in [-0.3, -0.25) is 9.10 Å². The van der Waals surface area contributed by atoms with Gasteiger partial charge < -0.3 is 10.1 Å². The van der Waals surface area contributed by atoms with E-state index in [0.29, 0.717) is 24.3 Å². The van der Waals surface area contributed by atoms with Crippen molar-refractivity contribution in [2.45, 2.75) is 57.4 Å². The highest BCUT2D eigenvalue weighted by Crippen LogP contribution is 2.22. The molecular formula is C19H30N2O4S. The molecule has 0 aromatic heterocycles. The van der Waals surface area contributed by atoms with Crippen molar-refractivity contribution < 1.29 is 17.9 Å². The molecule has 2 rings (SSSR count). The Hall–Kier alpha value is -1.76. The van der Waals surface area contributed by atoms with Gasteiger partial charge in [0.2, 0.25) is 15.9 Å². The maximum atomic E-state index is 12.2. The summed E-state index contributed by atoms with van der Waals surface area (Å²) < 4.78 is 30.7. The van der Waals surface area contributed by atoms with Crippen molar-refractivity contribution in [1.29, 1.82) is 0 Å². The highest BCUT2D eigenvalue weighted by atomic mass is 32.2. The summed E-state index contributed by atoms with van der Waals surface area (Å²) in [7, 11) is -1.84. The summed E-state index contributed by atoms with van der Waals surface area (Å²) in [5, 5.41) is 3.10. The Morgan fingerprint density at radius 1 is 1.15 bits per heavy atom. The van der Waals surface area contributed by atoms with Crippen LogP contribution in [0.2, 0.25) is 0 Å². The minimum Gasteiger partial charge on any atom is -0.497 e. The number of rotatable bonds is 8. The first kappa shape index (κ1) is 20.6. The van der Waals surface area contributed by atoms with E-state index in [1.807, 2.05) is 0 Å². The number of ether oxygens (including phenoxy) is 1. The number of hydrogen-bond donors (Lipinski definition) is 1. The molecular weight excluding hydrogens is 352 g/mol. The lowest BCUT2D eigenvalue weighted by Gasteiger charge is -2.23. The van der Waals surface area contributed by atoms with E-state index in [2.05, 4.69) is 5.32 Å². The summed E-state index contributed by atoms with van der Waals surface area (Å²) in [5.74, 6) is 0.685. The fourth-order valence-electron chi connectivity index (χ4n) is 3.34. The molecule has 1 amide bonds. The quantitative estimate of drug-likeness (QED) is 0.701. The number of sulfonamides is 1. The molecule has 1 N–H and O–H groups in total. The molecule has 7 heteroatoms. The van der Waals surface area contributed by atoms with Gasteiger partial charge in [0.05, 0.1) is 19.1 Å². The smallest absolute Gasteiger partial charge is 0.232 e. The Balaban J connectivity index is 1.87. The Morgan fingerprint density at radius 2 is 1.77 bits per heavy atom. The van der Waals surface area contributed by atoms with Gasteiger partial charge in [0.1, 0.15) is 5.75 Å². The van der Waals surface area contributed by atoms with Crippen molar-refractivity contribution in [3.05, 3.63) is 24.3 Å². The number of carbonyl (C=O) groups is 1. The van der Waals surface area contributed by atoms with Crippen LogP contribution in [-0.2, 0) is 14.8 Å². The van der Waals surface area contributed by atoms with Crippen LogP contribution in [0.15, 0.2) is 24.3 Å². The van der Waals surface area contributed by atoms with Crippen LogP contribution in [-0.4, -0.2) is 40.3 Å². The Bertz CT molecular complexity index is 665. The van der Waals surface area contributed by atoms with Crippen LogP contribution >= 0.6 is 0 Å². The van der Waals surface area contributed by atoms with Crippen LogP contribution in [0.25, 0.3) is 0 Å². The summed E-state index contributed by atoms with van der Waals surface area (Å²) in [6, 6.07) is 7.16. The molecule has 6 nitrogen and oxygen atoms in total. The zero-order valence-corrected chi connectivity index (χ0v) is 16.6. The molecule has 0 spiro atoms. The third kappa shape index (κ3) is 6.52. The summed E-state index contributed by atoms with van der Waals surface area (Å²) in [6.07, 6.45) is 8.93. The van der Waals surface area contributed by atoms with Crippen molar-refractivity contribution in [2.75, 3.05) is 24.2 Å². The van der Waals surface area contributed by atoms with Crippen molar-refractivity contribution in [1.82, 2.24) is 5.32 Å². The molecule has 1 fully saturated rings. The van der Waals surface area contributed by atoms with E-state index >= 15 is 0 Å². The van der Waals surface area contributed by atoms with Gasteiger partial charge in [0.25, 0.3) is 0 Å². The van der Waals surface area contributed by atoms with Gasteiger partial charge >= 0.3 is 0 Å². The summed E-state index contributed by atoms with van der Waals surface area (Å²) >= 11 is 0. The molecule has 1 aliphatic carbocycles. The minimum absolute atomic E-state index is 0.0140. The van der Waals surface area contributed by atoms with E-state index < -0.39 is 10.0 Å². The lowest BCUT2D eigenvalue weighted by Crippen LogP contribution is -2.35. The van der Waals surface area contributed by atoms with Gasteiger partial charge in [-0.25, -0.2) is 8.42 Å². The first-order valence-electron chi connectivity index (χ1n) is 9.31. The molecule has 0 aliphatic heterocycles. The molecule has 0 saturated heterocycles. The molecule has 0 atom stereocenters. The van der Waals surface area contributed by atoms with Crippen LogP contribution in [0.4, 0.5) is 5.69 Å². The number of amides is 1. The van der Waals surface area contributed by atoms with E-state index in [4.69, 9.17) is 4.74 Å². The highest BCUT2D eigenvalue weighted by molar-refractivity contribution is 7.92. The number of nitrogens with one attached hydrogen (secondary N) is 1. The zero-order valence-electron chi connectivity index (χ0n) is 15.7. The minimum atomic E-state index is -3.41. The van der Waals surface area contributed by atoms with Crippen molar-refractivity contribution >= 4 is 21.6 Å². The van der Waals surface area contributed by atoms with Gasteiger partial charge in [0.15, 0.2) is 0 Å². The van der Waals surface area contributed by atoms with Gasteiger partial charge in [-0.15, -0.1) is 0 Å². The number of anilines is 1. The second kappa shape index (κ2) is 9.80. The van der Waals surface area contributed by atoms with E-state index in [-0.39, 0.29) is 18.5 Å². The molecule has 0 bridgehead atoms. The van der Waals surface area contributed by atoms with Gasteiger partial charge in [-0.2, -0.15) is 0 Å². The first-order valence-corrected chi connectivity index (χ1v) is 11.2. The monoisotopic (exact) mass is 382 g/mol. The predicted octanol–water partition coefficient (Wildman–Crippen LogP) is 3.08. The molecule has 1 aromatic carbocycles. The van der Waals surface area contributed by atoms with Crippen LogP contribution in [0.5, 0.6) is 5.75 Å². The van der Waals surface area contributed by atoms with E-state index in [0.717, 1.165) is 12.8 Å². The Morgan fingerprint density at radius 3 is 2.31 bits per heavy atom. The Kier molecular flexibility index (Phi) is 7.75.